The van der Waals surface area contributed by atoms with Crippen molar-refractivity contribution in [2.24, 2.45) is 17.6 Å². The highest BCUT2D eigenvalue weighted by Gasteiger charge is 2.23. The highest BCUT2D eigenvalue weighted by atomic mass is 35.5. The minimum Gasteiger partial charge on any atom is -0.387 e. The predicted molar refractivity (Wildman–Crippen MR) is 88.2 cm³/mol. The number of halogens is 2. The number of aliphatic hydroxyl groups excluding tert-OH is 1. The van der Waals surface area contributed by atoms with E-state index >= 15 is 0 Å². The lowest BCUT2D eigenvalue weighted by Crippen LogP contribution is -2.42. The first-order chi connectivity index (χ1) is 9.85. The van der Waals surface area contributed by atoms with E-state index in [2.05, 4.69) is 0 Å². The highest BCUT2D eigenvalue weighted by molar-refractivity contribution is 5.85. The van der Waals surface area contributed by atoms with Crippen LogP contribution in [0.3, 0.4) is 0 Å². The number of nitrogens with two attached hydrogens (primary N) is 1. The fourth-order valence-electron chi connectivity index (χ4n) is 2.11. The summed E-state index contributed by atoms with van der Waals surface area (Å²) < 4.78 is 12.9. The average molecular weight is 333 g/mol. The fourth-order valence-corrected chi connectivity index (χ4v) is 2.11. The molecule has 0 saturated heterocycles. The summed E-state index contributed by atoms with van der Waals surface area (Å²) in [4.78, 5) is 13.9. The molecule has 0 aliphatic carbocycles. The number of carbonyl (C=O) groups excluding carboxylic acids is 1. The summed E-state index contributed by atoms with van der Waals surface area (Å²) >= 11 is 0. The van der Waals surface area contributed by atoms with Crippen molar-refractivity contribution in [3.05, 3.63) is 35.6 Å². The lowest BCUT2D eigenvalue weighted by atomic mass is 10.1. The fraction of sp³-hybridized carbons (Fsp3) is 0.562. The van der Waals surface area contributed by atoms with E-state index in [1.165, 1.54) is 24.3 Å². The molecule has 0 fully saturated rings. The molecule has 0 bridgehead atoms. The maximum Gasteiger partial charge on any atom is 0.226 e. The molecule has 126 valence electrons. The van der Waals surface area contributed by atoms with Gasteiger partial charge < -0.3 is 15.7 Å². The second-order valence-corrected chi connectivity index (χ2v) is 5.84. The van der Waals surface area contributed by atoms with E-state index in [4.69, 9.17) is 5.73 Å². The molecule has 1 aromatic carbocycles. The second-order valence-electron chi connectivity index (χ2n) is 5.84. The highest BCUT2D eigenvalue weighted by Crippen LogP contribution is 2.17. The molecule has 0 aliphatic rings. The van der Waals surface area contributed by atoms with Crippen molar-refractivity contribution in [1.29, 1.82) is 0 Å². The number of amides is 1. The second kappa shape index (κ2) is 9.77. The summed E-state index contributed by atoms with van der Waals surface area (Å²) in [5.41, 5.74) is 6.14. The lowest BCUT2D eigenvalue weighted by molar-refractivity contribution is -0.136. The largest absolute Gasteiger partial charge is 0.387 e. The Balaban J connectivity index is 0.00000441. The van der Waals surface area contributed by atoms with Crippen LogP contribution in [0, 0.1) is 17.7 Å². The van der Waals surface area contributed by atoms with Gasteiger partial charge in [-0.1, -0.05) is 32.9 Å². The van der Waals surface area contributed by atoms with Gasteiger partial charge in [0, 0.05) is 19.0 Å². The lowest BCUT2D eigenvalue weighted by Gasteiger charge is -2.29. The van der Waals surface area contributed by atoms with Gasteiger partial charge in [-0.05, 0) is 23.6 Å². The average Bonchev–Trinajstić information content (AvgIpc) is 2.45. The van der Waals surface area contributed by atoms with Crippen LogP contribution < -0.4 is 5.73 Å². The van der Waals surface area contributed by atoms with Gasteiger partial charge in [-0.25, -0.2) is 4.39 Å². The SMILES string of the molecule is CC(C)CN(CC(O)c1ccc(F)cc1)C(=O)C(C)CN.Cl. The third kappa shape index (κ3) is 6.30. The number of rotatable bonds is 7. The van der Waals surface area contributed by atoms with Gasteiger partial charge in [-0.3, -0.25) is 4.79 Å². The third-order valence-corrected chi connectivity index (χ3v) is 3.32. The number of aliphatic hydroxyl groups is 1. The van der Waals surface area contributed by atoms with Crippen LogP contribution >= 0.6 is 12.4 Å². The molecular weight excluding hydrogens is 307 g/mol. The third-order valence-electron chi connectivity index (χ3n) is 3.32. The number of nitrogens with zero attached hydrogens (tertiary/aromatic N) is 1. The Morgan fingerprint density at radius 3 is 2.23 bits per heavy atom. The standard InChI is InChI=1S/C16H25FN2O2.ClH/c1-11(2)9-19(16(21)12(3)8-18)10-15(20)13-4-6-14(17)7-5-13;/h4-7,11-12,15,20H,8-10,18H2,1-3H3;1H. The molecule has 22 heavy (non-hydrogen) atoms. The van der Waals surface area contributed by atoms with Crippen LogP contribution in [-0.4, -0.2) is 35.5 Å². The summed E-state index contributed by atoms with van der Waals surface area (Å²) in [7, 11) is 0. The van der Waals surface area contributed by atoms with Crippen LogP contribution in [0.1, 0.15) is 32.4 Å². The number of hydrogen-bond donors (Lipinski definition) is 2. The zero-order valence-corrected chi connectivity index (χ0v) is 14.1. The molecule has 6 heteroatoms. The molecule has 0 aromatic heterocycles. The maximum atomic E-state index is 12.9. The van der Waals surface area contributed by atoms with Crippen molar-refractivity contribution in [2.75, 3.05) is 19.6 Å². The van der Waals surface area contributed by atoms with E-state index in [0.29, 0.717) is 18.0 Å². The minimum atomic E-state index is -0.835. The van der Waals surface area contributed by atoms with Gasteiger partial charge in [0.2, 0.25) is 5.91 Å². The van der Waals surface area contributed by atoms with E-state index in [-0.39, 0.29) is 43.1 Å². The van der Waals surface area contributed by atoms with Crippen molar-refractivity contribution in [2.45, 2.75) is 26.9 Å². The normalized spacial score (nSPS) is 13.4. The summed E-state index contributed by atoms with van der Waals surface area (Å²) in [6.07, 6.45) is -0.835. The van der Waals surface area contributed by atoms with Gasteiger partial charge in [-0.2, -0.15) is 0 Å². The molecule has 0 spiro atoms. The maximum absolute atomic E-state index is 12.9. The van der Waals surface area contributed by atoms with E-state index in [0.717, 1.165) is 0 Å². The predicted octanol–water partition coefficient (Wildman–Crippen LogP) is 2.36. The molecule has 2 atom stereocenters. The van der Waals surface area contributed by atoms with E-state index in [1.54, 1.807) is 11.8 Å². The number of hydrogen-bond acceptors (Lipinski definition) is 3. The van der Waals surface area contributed by atoms with Crippen molar-refractivity contribution >= 4 is 18.3 Å². The Morgan fingerprint density at radius 2 is 1.77 bits per heavy atom. The van der Waals surface area contributed by atoms with Crippen molar-refractivity contribution in [3.8, 4) is 0 Å². The summed E-state index contributed by atoms with van der Waals surface area (Å²) in [5.74, 6) is -0.395. The Kier molecular flexibility index (Phi) is 9.25. The van der Waals surface area contributed by atoms with Crippen LogP contribution in [0.4, 0.5) is 4.39 Å². The van der Waals surface area contributed by atoms with Crippen LogP contribution in [-0.2, 0) is 4.79 Å². The summed E-state index contributed by atoms with van der Waals surface area (Å²) in [6.45, 7) is 6.82. The smallest absolute Gasteiger partial charge is 0.226 e. The topological polar surface area (TPSA) is 66.6 Å². The Morgan fingerprint density at radius 1 is 1.23 bits per heavy atom. The Bertz CT molecular complexity index is 454. The molecular formula is C16H26ClFN2O2. The van der Waals surface area contributed by atoms with Crippen molar-refractivity contribution in [1.82, 2.24) is 4.90 Å². The van der Waals surface area contributed by atoms with E-state index < -0.39 is 6.10 Å². The van der Waals surface area contributed by atoms with Crippen LogP contribution in [0.25, 0.3) is 0 Å². The van der Waals surface area contributed by atoms with E-state index in [9.17, 15) is 14.3 Å². The molecule has 1 aromatic rings. The van der Waals surface area contributed by atoms with Crippen molar-refractivity contribution < 1.29 is 14.3 Å². The molecule has 0 radical (unpaired) electrons. The minimum absolute atomic E-state index is 0. The van der Waals surface area contributed by atoms with Gasteiger partial charge in [0.25, 0.3) is 0 Å². The Hall–Kier alpha value is -1.17. The quantitative estimate of drug-likeness (QED) is 0.805. The first kappa shape index (κ1) is 20.8. The molecule has 1 rings (SSSR count). The first-order valence-electron chi connectivity index (χ1n) is 7.27. The number of carbonyl (C=O) groups is 1. The van der Waals surface area contributed by atoms with Gasteiger partial charge in [0.1, 0.15) is 5.82 Å². The zero-order chi connectivity index (χ0) is 16.0. The first-order valence-corrected chi connectivity index (χ1v) is 7.27. The summed E-state index contributed by atoms with van der Waals surface area (Å²) in [6, 6.07) is 5.67. The van der Waals surface area contributed by atoms with Crippen molar-refractivity contribution in [3.63, 3.8) is 0 Å². The monoisotopic (exact) mass is 332 g/mol. The molecule has 3 N–H and O–H groups in total. The van der Waals surface area contributed by atoms with Gasteiger partial charge in [-0.15, -0.1) is 12.4 Å². The summed E-state index contributed by atoms with van der Waals surface area (Å²) in [5, 5.41) is 10.3. The molecule has 0 heterocycles. The van der Waals surface area contributed by atoms with Gasteiger partial charge in [0.05, 0.1) is 12.6 Å². The van der Waals surface area contributed by atoms with Gasteiger partial charge in [0.15, 0.2) is 0 Å². The molecule has 1 amide bonds. The van der Waals surface area contributed by atoms with Crippen LogP contribution in [0.2, 0.25) is 0 Å². The molecule has 2 unspecified atom stereocenters. The van der Waals surface area contributed by atoms with Crippen LogP contribution in [0.15, 0.2) is 24.3 Å². The molecule has 0 saturated carbocycles. The Labute approximate surface area is 137 Å². The molecule has 0 aliphatic heterocycles. The molecule has 4 nitrogen and oxygen atoms in total. The number of benzene rings is 1. The van der Waals surface area contributed by atoms with Crippen LogP contribution in [0.5, 0.6) is 0 Å². The van der Waals surface area contributed by atoms with E-state index in [1.807, 2.05) is 13.8 Å². The van der Waals surface area contributed by atoms with Gasteiger partial charge >= 0.3 is 0 Å². The zero-order valence-electron chi connectivity index (χ0n) is 13.3.